The second-order valence-corrected chi connectivity index (χ2v) is 4.47. The van der Waals surface area contributed by atoms with Crippen molar-refractivity contribution in [1.82, 2.24) is 4.98 Å². The molecular formula is C16H17NO3. The number of para-hydroxylation sites is 1. The largest absolute Gasteiger partial charge is 0.496 e. The van der Waals surface area contributed by atoms with Crippen molar-refractivity contribution in [3.8, 4) is 22.8 Å². The number of rotatable bonds is 4. The molecular weight excluding hydrogens is 254 g/mol. The Balaban J connectivity index is 2.64. The lowest BCUT2D eigenvalue weighted by atomic mass is 10.0. The first-order chi connectivity index (χ1) is 9.58. The van der Waals surface area contributed by atoms with E-state index in [4.69, 9.17) is 9.47 Å². The van der Waals surface area contributed by atoms with Gasteiger partial charge in [-0.25, -0.2) is 4.98 Å². The number of hydrogen-bond acceptors (Lipinski definition) is 4. The average molecular weight is 271 g/mol. The fourth-order valence-electron chi connectivity index (χ4n) is 2.13. The first-order valence-corrected chi connectivity index (χ1v) is 6.28. The van der Waals surface area contributed by atoms with E-state index in [9.17, 15) is 4.79 Å². The van der Waals surface area contributed by atoms with E-state index in [0.717, 1.165) is 22.4 Å². The Hall–Kier alpha value is -2.36. The molecule has 104 valence electrons. The molecule has 0 fully saturated rings. The number of carbonyl (C=O) groups excluding carboxylic acids is 1. The molecule has 0 amide bonds. The molecule has 0 saturated heterocycles. The van der Waals surface area contributed by atoms with Crippen molar-refractivity contribution in [2.75, 3.05) is 14.2 Å². The van der Waals surface area contributed by atoms with Crippen LogP contribution in [0.2, 0.25) is 0 Å². The van der Waals surface area contributed by atoms with E-state index >= 15 is 0 Å². The Morgan fingerprint density at radius 1 is 1.05 bits per heavy atom. The summed E-state index contributed by atoms with van der Waals surface area (Å²) in [4.78, 5) is 15.6. The van der Waals surface area contributed by atoms with Crippen molar-refractivity contribution >= 4 is 5.78 Å². The van der Waals surface area contributed by atoms with Crippen LogP contribution in [-0.2, 0) is 0 Å². The van der Waals surface area contributed by atoms with Crippen molar-refractivity contribution < 1.29 is 14.3 Å². The number of pyridine rings is 1. The lowest BCUT2D eigenvalue weighted by Gasteiger charge is -2.14. The number of methoxy groups -OCH3 is 2. The summed E-state index contributed by atoms with van der Waals surface area (Å²) in [6, 6.07) is 9.40. The number of nitrogens with zero attached hydrogens (tertiary/aromatic N) is 1. The number of hydrogen-bond donors (Lipinski definition) is 0. The highest BCUT2D eigenvalue weighted by atomic mass is 16.5. The van der Waals surface area contributed by atoms with Gasteiger partial charge in [0.1, 0.15) is 11.4 Å². The molecule has 0 bridgehead atoms. The normalized spacial score (nSPS) is 10.2. The van der Waals surface area contributed by atoms with Gasteiger partial charge >= 0.3 is 0 Å². The van der Waals surface area contributed by atoms with Crippen molar-refractivity contribution in [2.24, 2.45) is 0 Å². The highest BCUT2D eigenvalue weighted by Crippen LogP contribution is 2.37. The van der Waals surface area contributed by atoms with Crippen LogP contribution in [0.3, 0.4) is 0 Å². The maximum atomic E-state index is 11.4. The smallest absolute Gasteiger partial charge is 0.221 e. The second-order valence-electron chi connectivity index (χ2n) is 4.47. The quantitative estimate of drug-likeness (QED) is 0.801. The molecule has 0 aliphatic carbocycles. The molecule has 0 unspecified atom stereocenters. The van der Waals surface area contributed by atoms with E-state index in [-0.39, 0.29) is 5.78 Å². The van der Waals surface area contributed by atoms with Crippen molar-refractivity contribution in [1.29, 1.82) is 0 Å². The van der Waals surface area contributed by atoms with E-state index in [2.05, 4.69) is 4.98 Å². The Kier molecular flexibility index (Phi) is 4.03. The molecule has 1 aromatic carbocycles. The fraction of sp³-hybridized carbons (Fsp3) is 0.250. The van der Waals surface area contributed by atoms with Crippen molar-refractivity contribution in [3.05, 3.63) is 41.6 Å². The molecule has 2 aromatic rings. The molecule has 0 saturated carbocycles. The van der Waals surface area contributed by atoms with Gasteiger partial charge in [0.05, 0.1) is 14.2 Å². The minimum atomic E-state index is -0.0916. The molecule has 0 aliphatic heterocycles. The summed E-state index contributed by atoms with van der Waals surface area (Å²) in [5.41, 5.74) is 3.12. The lowest BCUT2D eigenvalue weighted by molar-refractivity contribution is 0.101. The number of aromatic nitrogens is 1. The summed E-state index contributed by atoms with van der Waals surface area (Å²) in [6.45, 7) is 3.46. The molecule has 4 heteroatoms. The minimum absolute atomic E-state index is 0.0916. The Morgan fingerprint density at radius 2 is 1.80 bits per heavy atom. The average Bonchev–Trinajstić information content (AvgIpc) is 2.46. The Morgan fingerprint density at radius 3 is 2.40 bits per heavy atom. The molecule has 0 atom stereocenters. The highest BCUT2D eigenvalue weighted by Gasteiger charge is 2.15. The zero-order valence-corrected chi connectivity index (χ0v) is 12.1. The molecule has 0 aliphatic rings. The van der Waals surface area contributed by atoms with Gasteiger partial charge in [-0.15, -0.1) is 0 Å². The molecule has 20 heavy (non-hydrogen) atoms. The molecule has 0 spiro atoms. The SMILES string of the molecule is COc1nc(C(C)=O)ccc1-c1cccc(C)c1OC. The van der Waals surface area contributed by atoms with E-state index in [1.54, 1.807) is 13.2 Å². The van der Waals surface area contributed by atoms with E-state index < -0.39 is 0 Å². The van der Waals surface area contributed by atoms with Crippen LogP contribution in [0.25, 0.3) is 11.1 Å². The second kappa shape index (κ2) is 5.74. The van der Waals surface area contributed by atoms with Crippen LogP contribution >= 0.6 is 0 Å². The predicted molar refractivity (Wildman–Crippen MR) is 77.5 cm³/mol. The van der Waals surface area contributed by atoms with Gasteiger partial charge in [-0.05, 0) is 24.6 Å². The van der Waals surface area contributed by atoms with Crippen molar-refractivity contribution in [3.63, 3.8) is 0 Å². The monoisotopic (exact) mass is 271 g/mol. The Bertz CT molecular complexity index is 650. The van der Waals surface area contributed by atoms with Gasteiger partial charge in [0.2, 0.25) is 5.88 Å². The van der Waals surface area contributed by atoms with Crippen LogP contribution in [0.1, 0.15) is 23.0 Å². The van der Waals surface area contributed by atoms with Crippen molar-refractivity contribution in [2.45, 2.75) is 13.8 Å². The highest BCUT2D eigenvalue weighted by molar-refractivity contribution is 5.93. The third-order valence-electron chi connectivity index (χ3n) is 3.12. The van der Waals surface area contributed by atoms with E-state index in [0.29, 0.717) is 11.6 Å². The zero-order valence-electron chi connectivity index (χ0n) is 12.1. The standard InChI is InChI=1S/C16H17NO3/c1-10-6-5-7-12(15(10)19-3)13-8-9-14(11(2)18)17-16(13)20-4/h5-9H,1-4H3. The summed E-state index contributed by atoms with van der Waals surface area (Å²) in [5, 5.41) is 0. The van der Waals surface area contributed by atoms with Gasteiger partial charge < -0.3 is 9.47 Å². The number of ether oxygens (including phenoxy) is 2. The third-order valence-corrected chi connectivity index (χ3v) is 3.12. The van der Waals surface area contributed by atoms with Gasteiger partial charge in [-0.2, -0.15) is 0 Å². The molecule has 1 aromatic heterocycles. The summed E-state index contributed by atoms with van der Waals surface area (Å²) in [5.74, 6) is 1.11. The number of carbonyl (C=O) groups is 1. The molecule has 0 radical (unpaired) electrons. The van der Waals surface area contributed by atoms with Crippen LogP contribution in [0.5, 0.6) is 11.6 Å². The molecule has 0 N–H and O–H groups in total. The van der Waals surface area contributed by atoms with Crippen LogP contribution in [0.15, 0.2) is 30.3 Å². The van der Waals surface area contributed by atoms with Gasteiger partial charge in [0.15, 0.2) is 5.78 Å². The minimum Gasteiger partial charge on any atom is -0.496 e. The van der Waals surface area contributed by atoms with Crippen LogP contribution in [0, 0.1) is 6.92 Å². The predicted octanol–water partition coefficient (Wildman–Crippen LogP) is 3.28. The number of ketones is 1. The topological polar surface area (TPSA) is 48.4 Å². The maximum Gasteiger partial charge on any atom is 0.221 e. The van der Waals surface area contributed by atoms with Gasteiger partial charge in [-0.3, -0.25) is 4.79 Å². The van der Waals surface area contributed by atoms with Crippen LogP contribution in [0.4, 0.5) is 0 Å². The van der Waals surface area contributed by atoms with E-state index in [1.807, 2.05) is 31.2 Å². The van der Waals surface area contributed by atoms with Crippen LogP contribution < -0.4 is 9.47 Å². The third kappa shape index (κ3) is 2.50. The summed E-state index contributed by atoms with van der Waals surface area (Å²) >= 11 is 0. The summed E-state index contributed by atoms with van der Waals surface area (Å²) in [7, 11) is 3.17. The zero-order chi connectivity index (χ0) is 14.7. The molecule has 1 heterocycles. The number of benzene rings is 1. The number of Topliss-reactive ketones (excluding diaryl/α,β-unsaturated/α-hetero) is 1. The fourth-order valence-corrected chi connectivity index (χ4v) is 2.13. The maximum absolute atomic E-state index is 11.4. The van der Waals surface area contributed by atoms with Gasteiger partial charge in [0.25, 0.3) is 0 Å². The van der Waals surface area contributed by atoms with E-state index in [1.165, 1.54) is 14.0 Å². The Labute approximate surface area is 118 Å². The molecule has 2 rings (SSSR count). The first kappa shape index (κ1) is 14.1. The van der Waals surface area contributed by atoms with Crippen LogP contribution in [-0.4, -0.2) is 25.0 Å². The summed E-state index contributed by atoms with van der Waals surface area (Å²) in [6.07, 6.45) is 0. The summed E-state index contributed by atoms with van der Waals surface area (Å²) < 4.78 is 10.8. The first-order valence-electron chi connectivity index (χ1n) is 6.28. The van der Waals surface area contributed by atoms with Gasteiger partial charge in [-0.1, -0.05) is 18.2 Å². The molecule has 4 nitrogen and oxygen atoms in total. The lowest BCUT2D eigenvalue weighted by Crippen LogP contribution is -2.01. The van der Waals surface area contributed by atoms with Gasteiger partial charge in [0, 0.05) is 18.1 Å². The number of aryl methyl sites for hydroxylation is 1.